The van der Waals surface area contributed by atoms with Gasteiger partial charge in [0.25, 0.3) is 0 Å². The van der Waals surface area contributed by atoms with E-state index in [1.807, 2.05) is 12.1 Å². The number of benzene rings is 1. The van der Waals surface area contributed by atoms with Crippen LogP contribution in [0.15, 0.2) is 24.3 Å². The number of nitrogens with zero attached hydrogens (tertiary/aromatic N) is 2. The molecule has 0 bridgehead atoms. The molecule has 24 heavy (non-hydrogen) atoms. The van der Waals surface area contributed by atoms with Crippen LogP contribution in [0.25, 0.3) is 0 Å². The van der Waals surface area contributed by atoms with Crippen LogP contribution >= 0.6 is 0 Å². The zero-order valence-electron chi connectivity index (χ0n) is 12.9. The van der Waals surface area contributed by atoms with Crippen molar-refractivity contribution >= 4 is 11.8 Å². The van der Waals surface area contributed by atoms with Crippen molar-refractivity contribution in [3.63, 3.8) is 0 Å². The highest BCUT2D eigenvalue weighted by molar-refractivity contribution is 5.87. The number of halogens is 3. The predicted molar refractivity (Wildman–Crippen MR) is 79.8 cm³/mol. The highest BCUT2D eigenvalue weighted by atomic mass is 19.4. The van der Waals surface area contributed by atoms with Gasteiger partial charge in [-0.15, -0.1) is 0 Å². The van der Waals surface area contributed by atoms with E-state index in [0.717, 1.165) is 16.0 Å². The molecule has 0 unspecified atom stereocenters. The van der Waals surface area contributed by atoms with E-state index < -0.39 is 36.6 Å². The first kappa shape index (κ1) is 16.8. The summed E-state index contributed by atoms with van der Waals surface area (Å²) in [6.07, 6.45) is -3.54. The normalized spacial score (nSPS) is 25.0. The molecule has 2 aliphatic heterocycles. The van der Waals surface area contributed by atoms with E-state index >= 15 is 0 Å². The first-order chi connectivity index (χ1) is 11.3. The summed E-state index contributed by atoms with van der Waals surface area (Å²) in [7, 11) is 0. The van der Waals surface area contributed by atoms with E-state index in [-0.39, 0.29) is 13.0 Å². The van der Waals surface area contributed by atoms with Crippen LogP contribution in [0.1, 0.15) is 23.6 Å². The first-order valence-corrected chi connectivity index (χ1v) is 7.76. The maximum atomic E-state index is 12.6. The molecule has 1 aromatic carbocycles. The van der Waals surface area contributed by atoms with E-state index in [2.05, 4.69) is 0 Å². The van der Waals surface area contributed by atoms with Gasteiger partial charge < -0.3 is 10.6 Å². The molecule has 2 aliphatic rings. The van der Waals surface area contributed by atoms with Gasteiger partial charge in [-0.1, -0.05) is 24.3 Å². The molecular formula is C16H18F3N3O2. The lowest BCUT2D eigenvalue weighted by Gasteiger charge is -2.38. The number of fused-ring (bicyclic) bond motifs is 1. The average Bonchev–Trinajstić information content (AvgIpc) is 2.85. The van der Waals surface area contributed by atoms with Crippen molar-refractivity contribution in [1.29, 1.82) is 0 Å². The maximum absolute atomic E-state index is 12.6. The SMILES string of the molecule is NC(=O)[C@H]1c2ccccc2CCN1[C@H]1CCN(CC(F)(F)F)C1=O. The lowest BCUT2D eigenvalue weighted by Crippen LogP contribution is -2.51. The number of rotatable bonds is 3. The molecule has 1 saturated heterocycles. The largest absolute Gasteiger partial charge is 0.406 e. The van der Waals surface area contributed by atoms with Gasteiger partial charge >= 0.3 is 6.18 Å². The van der Waals surface area contributed by atoms with Crippen LogP contribution in [0, 0.1) is 0 Å². The van der Waals surface area contributed by atoms with Gasteiger partial charge in [0.05, 0.1) is 6.04 Å². The Kier molecular flexibility index (Phi) is 4.25. The number of hydrogen-bond acceptors (Lipinski definition) is 3. The van der Waals surface area contributed by atoms with Gasteiger partial charge in [-0.2, -0.15) is 13.2 Å². The number of primary amides is 1. The molecule has 1 fully saturated rings. The maximum Gasteiger partial charge on any atom is 0.406 e. The van der Waals surface area contributed by atoms with Crippen molar-refractivity contribution in [3.8, 4) is 0 Å². The number of alkyl halides is 3. The topological polar surface area (TPSA) is 66.6 Å². The highest BCUT2D eigenvalue weighted by Gasteiger charge is 2.45. The minimum absolute atomic E-state index is 0.0344. The van der Waals surface area contributed by atoms with Crippen LogP contribution in [-0.2, 0) is 16.0 Å². The second kappa shape index (κ2) is 6.08. The first-order valence-electron chi connectivity index (χ1n) is 7.76. The number of hydrogen-bond donors (Lipinski definition) is 1. The van der Waals surface area contributed by atoms with Gasteiger partial charge in [-0.05, 0) is 24.0 Å². The lowest BCUT2D eigenvalue weighted by molar-refractivity contribution is -0.159. The van der Waals surface area contributed by atoms with Crippen molar-refractivity contribution in [2.24, 2.45) is 5.73 Å². The number of carbonyl (C=O) groups excluding carboxylic acids is 2. The molecule has 2 atom stereocenters. The van der Waals surface area contributed by atoms with Gasteiger partial charge in [-0.25, -0.2) is 0 Å². The Morgan fingerprint density at radius 2 is 1.96 bits per heavy atom. The molecule has 2 heterocycles. The van der Waals surface area contributed by atoms with Crippen LogP contribution in [0.3, 0.4) is 0 Å². The predicted octanol–water partition coefficient (Wildman–Crippen LogP) is 1.23. The third-order valence-electron chi connectivity index (χ3n) is 4.63. The molecule has 130 valence electrons. The van der Waals surface area contributed by atoms with E-state index in [1.165, 1.54) is 0 Å². The molecule has 0 spiro atoms. The fourth-order valence-electron chi connectivity index (χ4n) is 3.64. The van der Waals surface area contributed by atoms with Gasteiger partial charge in [0.15, 0.2) is 0 Å². The minimum Gasteiger partial charge on any atom is -0.368 e. The Morgan fingerprint density at radius 1 is 1.25 bits per heavy atom. The molecule has 0 radical (unpaired) electrons. The van der Waals surface area contributed by atoms with E-state index in [0.29, 0.717) is 13.0 Å². The van der Waals surface area contributed by atoms with Crippen LogP contribution < -0.4 is 5.73 Å². The fraction of sp³-hybridized carbons (Fsp3) is 0.500. The lowest BCUT2D eigenvalue weighted by atomic mass is 9.90. The molecule has 2 amide bonds. The monoisotopic (exact) mass is 341 g/mol. The molecule has 1 aromatic rings. The van der Waals surface area contributed by atoms with Crippen LogP contribution in [0.2, 0.25) is 0 Å². The molecule has 0 aliphatic carbocycles. The summed E-state index contributed by atoms with van der Waals surface area (Å²) in [6.45, 7) is -0.804. The van der Waals surface area contributed by atoms with Crippen molar-refractivity contribution in [1.82, 2.24) is 9.80 Å². The summed E-state index contributed by atoms with van der Waals surface area (Å²) in [5.74, 6) is -1.18. The summed E-state index contributed by atoms with van der Waals surface area (Å²) in [4.78, 5) is 26.8. The molecule has 3 rings (SSSR count). The van der Waals surface area contributed by atoms with Gasteiger partial charge in [-0.3, -0.25) is 14.5 Å². The second-order valence-corrected chi connectivity index (χ2v) is 6.17. The highest BCUT2D eigenvalue weighted by Crippen LogP contribution is 2.34. The Hall–Kier alpha value is -2.09. The quantitative estimate of drug-likeness (QED) is 0.899. The summed E-state index contributed by atoms with van der Waals surface area (Å²) in [6, 6.07) is 5.80. The standard InChI is InChI=1S/C16H18F3N3O2/c17-16(18,19)9-21-7-6-12(15(21)24)22-8-5-10-3-1-2-4-11(10)13(22)14(20)23/h1-4,12-13H,5-9H2,(H2,20,23)/t12-,13+/m0/s1. The van der Waals surface area contributed by atoms with Gasteiger partial charge in [0.2, 0.25) is 11.8 Å². The molecule has 2 N–H and O–H groups in total. The van der Waals surface area contributed by atoms with Crippen molar-refractivity contribution in [2.75, 3.05) is 19.6 Å². The van der Waals surface area contributed by atoms with Crippen LogP contribution in [0.5, 0.6) is 0 Å². The molecule has 0 saturated carbocycles. The van der Waals surface area contributed by atoms with Crippen LogP contribution in [-0.4, -0.2) is 53.5 Å². The van der Waals surface area contributed by atoms with E-state index in [4.69, 9.17) is 5.73 Å². The Balaban J connectivity index is 1.84. The fourth-order valence-corrected chi connectivity index (χ4v) is 3.64. The van der Waals surface area contributed by atoms with E-state index in [9.17, 15) is 22.8 Å². The van der Waals surface area contributed by atoms with Crippen molar-refractivity contribution in [3.05, 3.63) is 35.4 Å². The number of likely N-dealkylation sites (tertiary alicyclic amines) is 1. The zero-order chi connectivity index (χ0) is 17.5. The zero-order valence-corrected chi connectivity index (χ0v) is 12.9. The van der Waals surface area contributed by atoms with Crippen molar-refractivity contribution < 1.29 is 22.8 Å². The summed E-state index contributed by atoms with van der Waals surface area (Å²) < 4.78 is 37.7. The third kappa shape index (κ3) is 3.10. The van der Waals surface area contributed by atoms with Crippen molar-refractivity contribution in [2.45, 2.75) is 31.1 Å². The third-order valence-corrected chi connectivity index (χ3v) is 4.63. The van der Waals surface area contributed by atoms with Crippen LogP contribution in [0.4, 0.5) is 13.2 Å². The summed E-state index contributed by atoms with van der Waals surface area (Å²) >= 11 is 0. The molecule has 8 heteroatoms. The molecular weight excluding hydrogens is 323 g/mol. The molecule has 0 aromatic heterocycles. The summed E-state index contributed by atoms with van der Waals surface area (Å²) in [5.41, 5.74) is 7.25. The van der Waals surface area contributed by atoms with E-state index in [1.54, 1.807) is 17.0 Å². The molecule has 5 nitrogen and oxygen atoms in total. The summed E-state index contributed by atoms with van der Waals surface area (Å²) in [5, 5.41) is 0. The smallest absolute Gasteiger partial charge is 0.368 e. The Morgan fingerprint density at radius 3 is 2.62 bits per heavy atom. The Bertz CT molecular complexity index is 662. The number of amides is 2. The average molecular weight is 341 g/mol. The van der Waals surface area contributed by atoms with Gasteiger partial charge in [0, 0.05) is 13.1 Å². The Labute approximate surface area is 137 Å². The minimum atomic E-state index is -4.43. The number of nitrogens with two attached hydrogens (primary N) is 1. The number of carbonyl (C=O) groups is 2. The second-order valence-electron chi connectivity index (χ2n) is 6.17. The van der Waals surface area contributed by atoms with Gasteiger partial charge in [0.1, 0.15) is 12.6 Å².